The second-order valence-electron chi connectivity index (χ2n) is 5.94. The molecule has 2 rings (SSSR count). The lowest BCUT2D eigenvalue weighted by atomic mass is 10.1. The van der Waals surface area contributed by atoms with E-state index in [-0.39, 0.29) is 6.09 Å². The lowest BCUT2D eigenvalue weighted by Crippen LogP contribution is -2.26. The first kappa shape index (κ1) is 16.2. The van der Waals surface area contributed by atoms with Gasteiger partial charge in [-0.25, -0.2) is 4.79 Å². The van der Waals surface area contributed by atoms with E-state index in [2.05, 4.69) is 6.07 Å². The number of hydrogen-bond donors (Lipinski definition) is 0. The predicted octanol–water partition coefficient (Wildman–Crippen LogP) is 5.19. The van der Waals surface area contributed by atoms with Crippen molar-refractivity contribution in [2.24, 2.45) is 0 Å². The van der Waals surface area contributed by atoms with Crippen molar-refractivity contribution >= 4 is 40.4 Å². The van der Waals surface area contributed by atoms with Gasteiger partial charge in [-0.1, -0.05) is 0 Å². The number of thioether (sulfide) groups is 1. The summed E-state index contributed by atoms with van der Waals surface area (Å²) in [5, 5.41) is 1.01. The molecule has 0 unspecified atom stereocenters. The van der Waals surface area contributed by atoms with Crippen LogP contribution < -0.4 is 0 Å². The van der Waals surface area contributed by atoms with E-state index in [1.807, 2.05) is 40.0 Å². The van der Waals surface area contributed by atoms with Crippen molar-refractivity contribution in [3.05, 3.63) is 29.5 Å². The first-order chi connectivity index (χ1) is 9.78. The fourth-order valence-corrected chi connectivity index (χ4v) is 3.44. The van der Waals surface area contributed by atoms with Crippen LogP contribution in [0.25, 0.3) is 10.9 Å². The molecule has 0 saturated heterocycles. The van der Waals surface area contributed by atoms with E-state index in [4.69, 9.17) is 16.3 Å². The molecule has 0 aliphatic carbocycles. The summed E-state index contributed by atoms with van der Waals surface area (Å²) in [5.41, 5.74) is 2.46. The van der Waals surface area contributed by atoms with Gasteiger partial charge in [0.15, 0.2) is 0 Å². The van der Waals surface area contributed by atoms with Crippen LogP contribution in [-0.4, -0.2) is 22.5 Å². The van der Waals surface area contributed by atoms with E-state index in [1.165, 1.54) is 0 Å². The Balaban J connectivity index is 2.61. The van der Waals surface area contributed by atoms with Crippen LogP contribution in [0.5, 0.6) is 0 Å². The molecule has 0 atom stereocenters. The number of rotatable bonds is 2. The number of halogens is 1. The highest BCUT2D eigenvalue weighted by atomic mass is 35.5. The van der Waals surface area contributed by atoms with Gasteiger partial charge in [0.2, 0.25) is 0 Å². The van der Waals surface area contributed by atoms with Crippen LogP contribution in [0.3, 0.4) is 0 Å². The molecule has 1 heterocycles. The molecule has 0 spiro atoms. The molecule has 0 amide bonds. The normalized spacial score (nSPS) is 11.9. The quantitative estimate of drug-likeness (QED) is 0.562. The van der Waals surface area contributed by atoms with Gasteiger partial charge in [-0.15, -0.1) is 23.4 Å². The maximum absolute atomic E-state index is 12.3. The number of alkyl halides is 1. The summed E-state index contributed by atoms with van der Waals surface area (Å²) in [6.45, 7) is 7.58. The van der Waals surface area contributed by atoms with E-state index >= 15 is 0 Å². The molecule has 2 aromatic rings. The Morgan fingerprint density at radius 2 is 2.10 bits per heavy atom. The lowest BCUT2D eigenvalue weighted by Gasteiger charge is -2.20. The van der Waals surface area contributed by atoms with Gasteiger partial charge >= 0.3 is 6.09 Å². The monoisotopic (exact) mass is 325 g/mol. The second kappa shape index (κ2) is 5.93. The molecule has 21 heavy (non-hydrogen) atoms. The van der Waals surface area contributed by atoms with E-state index in [1.54, 1.807) is 22.5 Å². The Kier molecular flexibility index (Phi) is 4.59. The first-order valence-corrected chi connectivity index (χ1v) is 8.51. The van der Waals surface area contributed by atoms with Gasteiger partial charge in [0.25, 0.3) is 0 Å². The highest BCUT2D eigenvalue weighted by molar-refractivity contribution is 7.98. The Bertz CT molecular complexity index is 686. The number of aromatic nitrogens is 1. The minimum atomic E-state index is -0.518. The average molecular weight is 326 g/mol. The molecule has 0 aliphatic heterocycles. The number of carbonyl (C=O) groups is 1. The van der Waals surface area contributed by atoms with Gasteiger partial charge in [-0.2, -0.15) is 0 Å². The fourth-order valence-electron chi connectivity index (χ4n) is 2.35. The number of carbonyl (C=O) groups excluding carboxylic acids is 1. The number of fused-ring (bicyclic) bond motifs is 1. The standard InChI is InChI=1S/C16H20ClNO2S/c1-10-8-13(21-5)12(9-17)11-6-7-18(14(10)11)15(19)20-16(2,3)4/h6-8H,9H2,1-5H3. The van der Waals surface area contributed by atoms with Crippen LogP contribution >= 0.6 is 23.4 Å². The summed E-state index contributed by atoms with van der Waals surface area (Å²) in [4.78, 5) is 13.5. The summed E-state index contributed by atoms with van der Waals surface area (Å²) < 4.78 is 7.03. The molecule has 1 aromatic carbocycles. The Morgan fingerprint density at radius 3 is 2.62 bits per heavy atom. The van der Waals surface area contributed by atoms with Crippen molar-refractivity contribution in [2.75, 3.05) is 6.26 Å². The van der Waals surface area contributed by atoms with Crippen molar-refractivity contribution in [2.45, 2.75) is 44.1 Å². The van der Waals surface area contributed by atoms with Crippen molar-refractivity contribution < 1.29 is 9.53 Å². The van der Waals surface area contributed by atoms with Gasteiger partial charge in [0, 0.05) is 22.4 Å². The van der Waals surface area contributed by atoms with Crippen LogP contribution in [0, 0.1) is 6.92 Å². The minimum absolute atomic E-state index is 0.363. The second-order valence-corrected chi connectivity index (χ2v) is 7.05. The van der Waals surface area contributed by atoms with Crippen LogP contribution in [0.1, 0.15) is 31.9 Å². The van der Waals surface area contributed by atoms with Crippen molar-refractivity contribution in [3.63, 3.8) is 0 Å². The Morgan fingerprint density at radius 1 is 1.43 bits per heavy atom. The smallest absolute Gasteiger partial charge is 0.418 e. The third-order valence-electron chi connectivity index (χ3n) is 3.17. The first-order valence-electron chi connectivity index (χ1n) is 6.75. The summed E-state index contributed by atoms with van der Waals surface area (Å²) in [6.07, 6.45) is 3.42. The zero-order chi connectivity index (χ0) is 15.8. The van der Waals surface area contributed by atoms with Crippen molar-refractivity contribution in [1.29, 1.82) is 0 Å². The van der Waals surface area contributed by atoms with Gasteiger partial charge in [-0.3, -0.25) is 4.57 Å². The number of hydrogen-bond acceptors (Lipinski definition) is 3. The highest BCUT2D eigenvalue weighted by Gasteiger charge is 2.21. The third-order valence-corrected chi connectivity index (χ3v) is 4.25. The van der Waals surface area contributed by atoms with Crippen LogP contribution in [0.2, 0.25) is 0 Å². The topological polar surface area (TPSA) is 31.2 Å². The lowest BCUT2D eigenvalue weighted by molar-refractivity contribution is 0.0544. The van der Waals surface area contributed by atoms with E-state index < -0.39 is 5.60 Å². The predicted molar refractivity (Wildman–Crippen MR) is 89.6 cm³/mol. The van der Waals surface area contributed by atoms with Gasteiger partial charge < -0.3 is 4.74 Å². The summed E-state index contributed by atoms with van der Waals surface area (Å²) in [5.74, 6) is 0.422. The van der Waals surface area contributed by atoms with Crippen LogP contribution in [0.4, 0.5) is 4.79 Å². The molecule has 0 saturated carbocycles. The Hall–Kier alpha value is -1.13. The number of aryl methyl sites for hydroxylation is 1. The molecule has 3 nitrogen and oxygen atoms in total. The largest absolute Gasteiger partial charge is 0.443 e. The number of nitrogens with zero attached hydrogens (tertiary/aromatic N) is 1. The molecular weight excluding hydrogens is 306 g/mol. The maximum atomic E-state index is 12.3. The van der Waals surface area contributed by atoms with Gasteiger partial charge in [-0.05, 0) is 57.2 Å². The third kappa shape index (κ3) is 3.22. The summed E-state index contributed by atoms with van der Waals surface area (Å²) >= 11 is 7.77. The number of ether oxygens (including phenoxy) is 1. The van der Waals surface area contributed by atoms with Crippen LogP contribution in [-0.2, 0) is 10.6 Å². The molecule has 1 aromatic heterocycles. The summed E-state index contributed by atoms with van der Waals surface area (Å²) in [6, 6.07) is 4.01. The van der Waals surface area contributed by atoms with E-state index in [0.717, 1.165) is 26.9 Å². The minimum Gasteiger partial charge on any atom is -0.443 e. The summed E-state index contributed by atoms with van der Waals surface area (Å²) in [7, 11) is 0. The average Bonchev–Trinajstić information content (AvgIpc) is 2.81. The molecule has 5 heteroatoms. The fraction of sp³-hybridized carbons (Fsp3) is 0.438. The molecular formula is C16H20ClNO2S. The molecule has 0 fully saturated rings. The van der Waals surface area contributed by atoms with E-state index in [0.29, 0.717) is 5.88 Å². The zero-order valence-corrected chi connectivity index (χ0v) is 14.6. The zero-order valence-electron chi connectivity index (χ0n) is 13.0. The van der Waals surface area contributed by atoms with Crippen molar-refractivity contribution in [1.82, 2.24) is 4.57 Å². The molecule has 114 valence electrons. The Labute approximate surface area is 134 Å². The van der Waals surface area contributed by atoms with E-state index in [9.17, 15) is 4.79 Å². The van der Waals surface area contributed by atoms with Crippen molar-refractivity contribution in [3.8, 4) is 0 Å². The molecule has 0 radical (unpaired) electrons. The SMILES string of the molecule is CSc1cc(C)c2c(ccn2C(=O)OC(C)(C)C)c1CCl. The van der Waals surface area contributed by atoms with Crippen LogP contribution in [0.15, 0.2) is 23.2 Å². The molecule has 0 N–H and O–H groups in total. The van der Waals surface area contributed by atoms with Gasteiger partial charge in [0.1, 0.15) is 5.60 Å². The number of benzene rings is 1. The molecule has 0 bridgehead atoms. The highest BCUT2D eigenvalue weighted by Crippen LogP contribution is 2.33. The molecule has 0 aliphatic rings. The van der Waals surface area contributed by atoms with Gasteiger partial charge in [0.05, 0.1) is 5.52 Å². The maximum Gasteiger partial charge on any atom is 0.418 e.